The summed E-state index contributed by atoms with van der Waals surface area (Å²) in [6, 6.07) is -0.932. The van der Waals surface area contributed by atoms with E-state index in [1.54, 1.807) is 4.90 Å². The van der Waals surface area contributed by atoms with Gasteiger partial charge in [-0.2, -0.15) is 0 Å². The lowest BCUT2D eigenvalue weighted by molar-refractivity contribution is -0.178. The van der Waals surface area contributed by atoms with Crippen LogP contribution in [0.4, 0.5) is 0 Å². The van der Waals surface area contributed by atoms with E-state index in [2.05, 4.69) is 0 Å². The molecule has 2 amide bonds. The summed E-state index contributed by atoms with van der Waals surface area (Å²) in [4.78, 5) is 26.7. The molecule has 6 nitrogen and oxygen atoms in total. The third kappa shape index (κ3) is 1.96. The number of fused-ring (bicyclic) bond motifs is 1. The Morgan fingerprint density at radius 2 is 1.75 bits per heavy atom. The maximum atomic E-state index is 13.2. The van der Waals surface area contributed by atoms with Crippen LogP contribution in [0.2, 0.25) is 0 Å². The number of primary amides is 1. The third-order valence-electron chi connectivity index (χ3n) is 7.69. The lowest BCUT2D eigenvalue weighted by atomic mass is 9.46. The summed E-state index contributed by atoms with van der Waals surface area (Å²) in [6.07, 6.45) is 7.11. The smallest absolute Gasteiger partial charge is 0.241 e. The molecule has 5 N–H and O–H groups in total. The zero-order chi connectivity index (χ0) is 16.9. The molecule has 6 heteroatoms. The Hall–Kier alpha value is -1.14. The first-order chi connectivity index (χ1) is 11.3. The first-order valence-corrected chi connectivity index (χ1v) is 9.40. The van der Waals surface area contributed by atoms with E-state index < -0.39 is 23.6 Å². The van der Waals surface area contributed by atoms with Gasteiger partial charge in [-0.05, 0) is 74.5 Å². The van der Waals surface area contributed by atoms with E-state index in [1.807, 2.05) is 0 Å². The molecule has 8 atom stereocenters. The molecule has 4 bridgehead atoms. The minimum atomic E-state index is -0.627. The molecule has 0 unspecified atom stereocenters. The Morgan fingerprint density at radius 3 is 2.33 bits per heavy atom. The molecule has 0 aromatic rings. The lowest BCUT2D eigenvalue weighted by Crippen LogP contribution is -2.65. The number of nitrogens with two attached hydrogens (primary N) is 2. The van der Waals surface area contributed by atoms with Crippen LogP contribution in [-0.4, -0.2) is 45.5 Å². The minimum absolute atomic E-state index is 0.102. The predicted molar refractivity (Wildman–Crippen MR) is 86.4 cm³/mol. The second kappa shape index (κ2) is 4.52. The molecule has 132 valence electrons. The summed E-state index contributed by atoms with van der Waals surface area (Å²) in [6.45, 7) is 0. The molecular formula is C18H27N3O3. The van der Waals surface area contributed by atoms with Crippen molar-refractivity contribution >= 4 is 11.8 Å². The van der Waals surface area contributed by atoms with Gasteiger partial charge in [-0.3, -0.25) is 9.59 Å². The molecule has 5 saturated carbocycles. The van der Waals surface area contributed by atoms with Gasteiger partial charge in [0.2, 0.25) is 11.8 Å². The molecule has 5 aliphatic carbocycles. The summed E-state index contributed by atoms with van der Waals surface area (Å²) in [5.41, 5.74) is 11.2. The number of hydrogen-bond acceptors (Lipinski definition) is 4. The quantitative estimate of drug-likeness (QED) is 0.681. The van der Waals surface area contributed by atoms with Crippen LogP contribution in [0.15, 0.2) is 0 Å². The van der Waals surface area contributed by atoms with Gasteiger partial charge in [0.15, 0.2) is 0 Å². The zero-order valence-corrected chi connectivity index (χ0v) is 14.0. The number of carbonyl (C=O) groups is 2. The summed E-state index contributed by atoms with van der Waals surface area (Å²) < 4.78 is 0. The van der Waals surface area contributed by atoms with Crippen molar-refractivity contribution in [1.82, 2.24) is 4.90 Å². The first kappa shape index (κ1) is 15.1. The van der Waals surface area contributed by atoms with Crippen LogP contribution in [-0.2, 0) is 9.59 Å². The second-order valence-corrected chi connectivity index (χ2v) is 9.49. The molecule has 0 radical (unpaired) electrons. The van der Waals surface area contributed by atoms with E-state index in [0.29, 0.717) is 30.6 Å². The summed E-state index contributed by atoms with van der Waals surface area (Å²) >= 11 is 0. The summed E-state index contributed by atoms with van der Waals surface area (Å²) in [7, 11) is 0. The SMILES string of the molecule is NC(=O)[C@@H]1C[C@@H]2C[C@@H]2N1C(=O)[C@@H](N)[C@@]12C[C@@H]3C[C@@H](C[C@](O)(C3)C1)C2. The lowest BCUT2D eigenvalue weighted by Gasteiger charge is -2.61. The highest BCUT2D eigenvalue weighted by Crippen LogP contribution is 2.63. The van der Waals surface area contributed by atoms with E-state index in [4.69, 9.17) is 11.5 Å². The van der Waals surface area contributed by atoms with Crippen molar-refractivity contribution in [3.63, 3.8) is 0 Å². The Bertz CT molecular complexity index is 607. The van der Waals surface area contributed by atoms with Crippen molar-refractivity contribution in [1.29, 1.82) is 0 Å². The molecule has 1 saturated heterocycles. The van der Waals surface area contributed by atoms with Gasteiger partial charge in [0.25, 0.3) is 0 Å². The maximum Gasteiger partial charge on any atom is 0.241 e. The first-order valence-electron chi connectivity index (χ1n) is 9.40. The van der Waals surface area contributed by atoms with Gasteiger partial charge in [0.05, 0.1) is 11.6 Å². The number of rotatable bonds is 3. The van der Waals surface area contributed by atoms with E-state index in [9.17, 15) is 14.7 Å². The van der Waals surface area contributed by atoms with Gasteiger partial charge >= 0.3 is 0 Å². The van der Waals surface area contributed by atoms with Crippen molar-refractivity contribution in [2.24, 2.45) is 34.6 Å². The highest BCUT2D eigenvalue weighted by Gasteiger charge is 2.63. The molecule has 1 heterocycles. The fourth-order valence-corrected chi connectivity index (χ4v) is 7.10. The number of hydrogen-bond donors (Lipinski definition) is 3. The van der Waals surface area contributed by atoms with Crippen molar-refractivity contribution in [2.45, 2.75) is 75.1 Å². The fraction of sp³-hybridized carbons (Fsp3) is 0.889. The third-order valence-corrected chi connectivity index (χ3v) is 7.69. The van der Waals surface area contributed by atoms with Gasteiger partial charge < -0.3 is 21.5 Å². The van der Waals surface area contributed by atoms with Crippen LogP contribution in [0.5, 0.6) is 0 Å². The summed E-state index contributed by atoms with van der Waals surface area (Å²) in [5, 5.41) is 10.9. The molecule has 1 aliphatic heterocycles. The number of amides is 2. The van der Waals surface area contributed by atoms with E-state index >= 15 is 0 Å². The molecule has 0 aromatic carbocycles. The average Bonchev–Trinajstić information content (AvgIpc) is 3.13. The zero-order valence-electron chi connectivity index (χ0n) is 14.0. The molecule has 24 heavy (non-hydrogen) atoms. The van der Waals surface area contributed by atoms with Crippen LogP contribution >= 0.6 is 0 Å². The van der Waals surface area contributed by atoms with Crippen LogP contribution in [0.1, 0.15) is 51.4 Å². The largest absolute Gasteiger partial charge is 0.390 e. The van der Waals surface area contributed by atoms with Crippen molar-refractivity contribution in [2.75, 3.05) is 0 Å². The Morgan fingerprint density at radius 1 is 1.08 bits per heavy atom. The monoisotopic (exact) mass is 333 g/mol. The molecule has 6 aliphatic rings. The fourth-order valence-electron chi connectivity index (χ4n) is 7.10. The number of likely N-dealkylation sites (tertiary alicyclic amines) is 1. The van der Waals surface area contributed by atoms with Gasteiger partial charge in [-0.1, -0.05) is 0 Å². The predicted octanol–water partition coefficient (Wildman–Crippen LogP) is 0.120. The molecule has 0 aromatic heterocycles. The second-order valence-electron chi connectivity index (χ2n) is 9.49. The number of piperidine rings is 1. The normalized spacial score (nSPS) is 52.2. The molecule has 0 spiro atoms. The van der Waals surface area contributed by atoms with Crippen molar-refractivity contribution in [3.05, 3.63) is 0 Å². The number of carbonyl (C=O) groups excluding carboxylic acids is 2. The molecule has 6 fully saturated rings. The van der Waals surface area contributed by atoms with Crippen molar-refractivity contribution in [3.8, 4) is 0 Å². The molecular weight excluding hydrogens is 306 g/mol. The molecule has 6 rings (SSSR count). The topological polar surface area (TPSA) is 110 Å². The number of nitrogens with zero attached hydrogens (tertiary/aromatic N) is 1. The van der Waals surface area contributed by atoms with Crippen molar-refractivity contribution < 1.29 is 14.7 Å². The van der Waals surface area contributed by atoms with E-state index in [0.717, 1.165) is 32.1 Å². The van der Waals surface area contributed by atoms with E-state index in [-0.39, 0.29) is 17.4 Å². The maximum absolute atomic E-state index is 13.2. The Balaban J connectivity index is 1.43. The van der Waals surface area contributed by atoms with Crippen LogP contribution in [0, 0.1) is 23.2 Å². The minimum Gasteiger partial charge on any atom is -0.390 e. The van der Waals surface area contributed by atoms with Gasteiger partial charge in [-0.15, -0.1) is 0 Å². The highest BCUT2D eigenvalue weighted by molar-refractivity contribution is 5.91. The van der Waals surface area contributed by atoms with Crippen LogP contribution in [0.3, 0.4) is 0 Å². The van der Waals surface area contributed by atoms with Gasteiger partial charge in [-0.25, -0.2) is 0 Å². The van der Waals surface area contributed by atoms with Crippen LogP contribution in [0.25, 0.3) is 0 Å². The number of aliphatic hydroxyl groups is 1. The van der Waals surface area contributed by atoms with Gasteiger partial charge in [0.1, 0.15) is 6.04 Å². The average molecular weight is 333 g/mol. The standard InChI is InChI=1S/C18H27N3O3/c19-14(16(23)21-12-2-11(12)3-13(21)15(20)22)17-4-9-1-10(5-17)7-18(24,6-9)8-17/h9-14,24H,1-8,19H2,(H2,20,22)/t9-,10+,11-,12-,13-,14+,17+,18+/m0/s1. The van der Waals surface area contributed by atoms with E-state index in [1.165, 1.54) is 6.42 Å². The Labute approximate surface area is 141 Å². The Kier molecular flexibility index (Phi) is 2.85. The summed E-state index contributed by atoms with van der Waals surface area (Å²) in [5.74, 6) is 0.906. The van der Waals surface area contributed by atoms with Crippen LogP contribution < -0.4 is 11.5 Å². The van der Waals surface area contributed by atoms with Gasteiger partial charge in [0, 0.05) is 6.04 Å². The highest BCUT2D eigenvalue weighted by atomic mass is 16.3.